The molecule has 0 amide bonds. The Hall–Kier alpha value is -1.26. The van der Waals surface area contributed by atoms with Crippen molar-refractivity contribution < 1.29 is 9.81 Å². The molecule has 0 saturated carbocycles. The van der Waals surface area contributed by atoms with Crippen LogP contribution >= 0.6 is 0 Å². The zero-order valence-corrected chi connectivity index (χ0v) is 6.86. The van der Waals surface area contributed by atoms with E-state index in [-0.39, 0.29) is 0 Å². The van der Waals surface area contributed by atoms with Gasteiger partial charge in [0.15, 0.2) is 0 Å². The van der Waals surface area contributed by atoms with Gasteiger partial charge in [-0.15, -0.1) is 5.01 Å². The Balaban J connectivity index is 3.95. The summed E-state index contributed by atoms with van der Waals surface area (Å²) in [7, 11) is 0. The van der Waals surface area contributed by atoms with Crippen molar-refractivity contribution >= 4 is 0 Å². The molecule has 0 aromatic carbocycles. The highest BCUT2D eigenvalue weighted by molar-refractivity contribution is 4.43. The normalized spacial score (nSPS) is 10.9. The van der Waals surface area contributed by atoms with Gasteiger partial charge in [-0.3, -0.25) is 0 Å². The molecule has 0 N–H and O–H groups in total. The Labute approximate surface area is 66.1 Å². The second kappa shape index (κ2) is 5.52. The van der Waals surface area contributed by atoms with E-state index in [0.29, 0.717) is 18.1 Å². The van der Waals surface area contributed by atoms with Crippen molar-refractivity contribution in [1.29, 1.82) is 0 Å². The van der Waals surface area contributed by atoms with Crippen molar-refractivity contribution in [3.63, 3.8) is 0 Å². The Morgan fingerprint density at radius 2 is 2.18 bits per heavy atom. The van der Waals surface area contributed by atoms with E-state index in [9.17, 15) is 5.21 Å². The lowest BCUT2D eigenvalue weighted by Crippen LogP contribution is -2.30. The van der Waals surface area contributed by atoms with E-state index < -0.39 is 0 Å². The minimum absolute atomic E-state index is 0.404. The molecule has 0 spiro atoms. The molecular formula is C6H13N3O2. The predicted octanol–water partition coefficient (Wildman–Crippen LogP) is 1.28. The highest BCUT2D eigenvalue weighted by atomic mass is 16.7. The van der Waals surface area contributed by atoms with Crippen LogP contribution in [0.2, 0.25) is 0 Å². The molecule has 0 radical (unpaired) electrons. The van der Waals surface area contributed by atoms with Crippen molar-refractivity contribution in [1.82, 2.24) is 5.01 Å². The van der Waals surface area contributed by atoms with E-state index in [1.165, 1.54) is 5.01 Å². The summed E-state index contributed by atoms with van der Waals surface area (Å²) < 4.78 is 0. The molecule has 0 aromatic rings. The zero-order valence-electron chi connectivity index (χ0n) is 6.86. The van der Waals surface area contributed by atoms with Gasteiger partial charge >= 0.3 is 0 Å². The number of hydrogen-bond acceptors (Lipinski definition) is 3. The third-order valence-corrected chi connectivity index (χ3v) is 1.16. The Bertz CT molecular complexity index is 143. The Morgan fingerprint density at radius 3 is 2.55 bits per heavy atom. The molecule has 0 bridgehead atoms. The van der Waals surface area contributed by atoms with Crippen LogP contribution in [0.25, 0.3) is 0 Å². The Kier molecular flexibility index (Phi) is 4.89. The molecule has 0 aliphatic heterocycles. The monoisotopic (exact) mass is 159 g/mol. The van der Waals surface area contributed by atoms with Crippen LogP contribution in [0.5, 0.6) is 0 Å². The van der Waals surface area contributed by atoms with E-state index in [1.54, 1.807) is 0 Å². The van der Waals surface area contributed by atoms with Crippen molar-refractivity contribution in [2.24, 2.45) is 5.28 Å². The molecule has 0 aliphatic carbocycles. The van der Waals surface area contributed by atoms with Gasteiger partial charge in [-0.05, 0) is 13.8 Å². The van der Waals surface area contributed by atoms with Crippen molar-refractivity contribution in [2.75, 3.05) is 13.1 Å². The van der Waals surface area contributed by atoms with Crippen LogP contribution in [-0.2, 0) is 4.84 Å². The fourth-order valence-electron chi connectivity index (χ4n) is 0.591. The van der Waals surface area contributed by atoms with Gasteiger partial charge in [-0.25, -0.2) is 0 Å². The largest absolute Gasteiger partial charge is 0.569 e. The van der Waals surface area contributed by atoms with Gasteiger partial charge in [0.05, 0.1) is 18.1 Å². The summed E-state index contributed by atoms with van der Waals surface area (Å²) in [5, 5.41) is 15.5. The Morgan fingerprint density at radius 1 is 1.64 bits per heavy atom. The lowest BCUT2D eigenvalue weighted by molar-refractivity contribution is -0.708. The van der Waals surface area contributed by atoms with Crippen LogP contribution in [0, 0.1) is 5.21 Å². The standard InChI is InChI=1S/C6H13N3O2/c1-4-8(5-2)9(10)7-11-6-3/h6H,3-5H2,1-2H3. The summed E-state index contributed by atoms with van der Waals surface area (Å²) in [4.78, 5) is 4.74. The quantitative estimate of drug-likeness (QED) is 0.263. The number of hydrazine groups is 1. The van der Waals surface area contributed by atoms with E-state index in [2.05, 4.69) is 16.7 Å². The zero-order chi connectivity index (χ0) is 8.69. The second-order valence-corrected chi connectivity index (χ2v) is 1.75. The third-order valence-electron chi connectivity index (χ3n) is 1.16. The SMILES string of the molecule is C=CON=[N+]([O-])N(CC)CC. The van der Waals surface area contributed by atoms with Gasteiger partial charge in [-0.1, -0.05) is 6.58 Å². The summed E-state index contributed by atoms with van der Waals surface area (Å²) in [5.41, 5.74) is 0. The molecule has 0 atom stereocenters. The number of hydrogen-bond donors (Lipinski definition) is 0. The van der Waals surface area contributed by atoms with E-state index in [0.717, 1.165) is 6.26 Å². The molecule has 0 aromatic heterocycles. The fourth-order valence-corrected chi connectivity index (χ4v) is 0.591. The van der Waals surface area contributed by atoms with E-state index >= 15 is 0 Å². The molecule has 0 rings (SSSR count). The molecule has 0 unspecified atom stereocenters. The van der Waals surface area contributed by atoms with Gasteiger partial charge in [0.2, 0.25) is 5.28 Å². The molecule has 0 fully saturated rings. The average Bonchev–Trinajstić information content (AvgIpc) is 2.03. The van der Waals surface area contributed by atoms with Gasteiger partial charge in [0.1, 0.15) is 6.26 Å². The van der Waals surface area contributed by atoms with Gasteiger partial charge in [-0.2, -0.15) is 0 Å². The van der Waals surface area contributed by atoms with Crippen molar-refractivity contribution in [3.8, 4) is 0 Å². The number of rotatable bonds is 5. The average molecular weight is 159 g/mol. The number of nitrogens with zero attached hydrogens (tertiary/aromatic N) is 3. The third kappa shape index (κ3) is 3.44. The maximum Gasteiger partial charge on any atom is 0.238 e. The van der Waals surface area contributed by atoms with Crippen LogP contribution in [0.4, 0.5) is 0 Å². The fraction of sp³-hybridized carbons (Fsp3) is 0.667. The maximum atomic E-state index is 10.9. The molecular weight excluding hydrogens is 146 g/mol. The molecule has 5 heteroatoms. The smallest absolute Gasteiger partial charge is 0.238 e. The first-order valence-electron chi connectivity index (χ1n) is 3.46. The van der Waals surface area contributed by atoms with E-state index in [4.69, 9.17) is 0 Å². The summed E-state index contributed by atoms with van der Waals surface area (Å²) in [5.74, 6) is 0. The van der Waals surface area contributed by atoms with Crippen LogP contribution < -0.4 is 0 Å². The first kappa shape index (κ1) is 9.74. The first-order chi connectivity index (χ1) is 5.26. The van der Waals surface area contributed by atoms with Crippen molar-refractivity contribution in [2.45, 2.75) is 13.8 Å². The van der Waals surface area contributed by atoms with E-state index in [1.807, 2.05) is 13.8 Å². The summed E-state index contributed by atoms with van der Waals surface area (Å²) in [6, 6.07) is 0. The van der Waals surface area contributed by atoms with Gasteiger partial charge < -0.3 is 10.0 Å². The minimum Gasteiger partial charge on any atom is -0.569 e. The highest BCUT2D eigenvalue weighted by Gasteiger charge is 2.05. The molecule has 5 nitrogen and oxygen atoms in total. The predicted molar refractivity (Wildman–Crippen MR) is 40.3 cm³/mol. The van der Waals surface area contributed by atoms with Gasteiger partial charge in [0, 0.05) is 0 Å². The molecule has 0 saturated heterocycles. The minimum atomic E-state index is 0.404. The summed E-state index contributed by atoms with van der Waals surface area (Å²) >= 11 is 0. The van der Waals surface area contributed by atoms with Gasteiger partial charge in [0.25, 0.3) is 0 Å². The highest BCUT2D eigenvalue weighted by Crippen LogP contribution is 1.89. The molecule has 0 heterocycles. The lowest BCUT2D eigenvalue weighted by atomic mass is 10.6. The van der Waals surface area contributed by atoms with Crippen LogP contribution in [0.3, 0.4) is 0 Å². The molecule has 64 valence electrons. The molecule has 0 aliphatic rings. The first-order valence-corrected chi connectivity index (χ1v) is 3.46. The summed E-state index contributed by atoms with van der Waals surface area (Å²) in [6.45, 7) is 8.16. The lowest BCUT2D eigenvalue weighted by Gasteiger charge is -2.12. The van der Waals surface area contributed by atoms with Crippen LogP contribution in [0.15, 0.2) is 18.1 Å². The maximum absolute atomic E-state index is 10.9. The topological polar surface area (TPSA) is 50.9 Å². The van der Waals surface area contributed by atoms with Crippen LogP contribution in [-0.4, -0.2) is 23.1 Å². The molecule has 11 heavy (non-hydrogen) atoms. The summed E-state index contributed by atoms with van der Waals surface area (Å²) in [6.07, 6.45) is 1.09. The second-order valence-electron chi connectivity index (χ2n) is 1.75. The van der Waals surface area contributed by atoms with Crippen molar-refractivity contribution in [3.05, 3.63) is 18.0 Å². The van der Waals surface area contributed by atoms with Crippen LogP contribution in [0.1, 0.15) is 13.8 Å².